The van der Waals surface area contributed by atoms with Gasteiger partial charge in [-0.25, -0.2) is 9.78 Å². The van der Waals surface area contributed by atoms with Crippen molar-refractivity contribution in [2.45, 2.75) is 20.0 Å². The van der Waals surface area contributed by atoms with Crippen LogP contribution in [0.25, 0.3) is 0 Å². The maximum absolute atomic E-state index is 11.9. The van der Waals surface area contributed by atoms with E-state index in [4.69, 9.17) is 4.74 Å². The summed E-state index contributed by atoms with van der Waals surface area (Å²) in [5.74, 6) is -1.09. The van der Waals surface area contributed by atoms with Crippen molar-refractivity contribution in [3.63, 3.8) is 0 Å². The lowest BCUT2D eigenvalue weighted by Gasteiger charge is -2.13. The van der Waals surface area contributed by atoms with E-state index in [2.05, 4.69) is 15.3 Å². The topological polar surface area (TPSA) is 81.2 Å². The van der Waals surface area contributed by atoms with Crippen molar-refractivity contribution in [2.24, 2.45) is 0 Å². The van der Waals surface area contributed by atoms with Crippen LogP contribution in [0.4, 0.5) is 5.69 Å². The third-order valence-corrected chi connectivity index (χ3v) is 2.68. The lowest BCUT2D eigenvalue weighted by molar-refractivity contribution is -0.123. The zero-order chi connectivity index (χ0) is 15.2. The fourth-order valence-electron chi connectivity index (χ4n) is 1.54. The molecule has 6 heteroatoms. The third-order valence-electron chi connectivity index (χ3n) is 2.68. The van der Waals surface area contributed by atoms with Gasteiger partial charge < -0.3 is 10.1 Å². The predicted molar refractivity (Wildman–Crippen MR) is 76.7 cm³/mol. The Labute approximate surface area is 122 Å². The van der Waals surface area contributed by atoms with Crippen LogP contribution in [0, 0.1) is 6.92 Å². The number of para-hydroxylation sites is 1. The van der Waals surface area contributed by atoms with Crippen molar-refractivity contribution in [1.29, 1.82) is 0 Å². The van der Waals surface area contributed by atoms with Crippen molar-refractivity contribution in [2.75, 3.05) is 5.32 Å². The molecule has 1 N–H and O–H groups in total. The van der Waals surface area contributed by atoms with Crippen molar-refractivity contribution >= 4 is 17.6 Å². The van der Waals surface area contributed by atoms with Gasteiger partial charge in [-0.1, -0.05) is 18.2 Å². The fourth-order valence-corrected chi connectivity index (χ4v) is 1.54. The van der Waals surface area contributed by atoms with E-state index in [1.165, 1.54) is 19.3 Å². The maximum Gasteiger partial charge on any atom is 0.359 e. The molecule has 1 amide bonds. The highest BCUT2D eigenvalue weighted by Gasteiger charge is 2.19. The first kappa shape index (κ1) is 14.6. The Morgan fingerprint density at radius 3 is 2.48 bits per heavy atom. The first-order valence-electron chi connectivity index (χ1n) is 6.42. The normalized spacial score (nSPS) is 11.5. The van der Waals surface area contributed by atoms with E-state index in [9.17, 15) is 9.59 Å². The lowest BCUT2D eigenvalue weighted by atomic mass is 10.3. The van der Waals surface area contributed by atoms with Gasteiger partial charge in [0.1, 0.15) is 0 Å². The Kier molecular flexibility index (Phi) is 4.61. The van der Waals surface area contributed by atoms with Gasteiger partial charge in [0.2, 0.25) is 0 Å². The SMILES string of the molecule is Cc1cnc(C(=O)OC(C)C(=O)Nc2ccccc2)cn1. The van der Waals surface area contributed by atoms with E-state index < -0.39 is 18.0 Å². The molecule has 6 nitrogen and oxygen atoms in total. The number of benzene rings is 1. The molecule has 1 unspecified atom stereocenters. The number of aryl methyl sites for hydroxylation is 1. The molecule has 2 rings (SSSR count). The van der Waals surface area contributed by atoms with E-state index in [1.54, 1.807) is 31.2 Å². The average Bonchev–Trinajstić information content (AvgIpc) is 2.48. The number of nitrogens with zero attached hydrogens (tertiary/aromatic N) is 2. The van der Waals surface area contributed by atoms with Crippen LogP contribution >= 0.6 is 0 Å². The highest BCUT2D eigenvalue weighted by molar-refractivity contribution is 5.96. The Balaban J connectivity index is 1.94. The summed E-state index contributed by atoms with van der Waals surface area (Å²) < 4.78 is 5.06. The monoisotopic (exact) mass is 285 g/mol. The largest absolute Gasteiger partial charge is 0.448 e. The van der Waals surface area contributed by atoms with E-state index in [-0.39, 0.29) is 5.69 Å². The Hall–Kier alpha value is -2.76. The molecule has 108 valence electrons. The minimum atomic E-state index is -0.930. The molecule has 0 aliphatic heterocycles. The number of aromatic nitrogens is 2. The highest BCUT2D eigenvalue weighted by atomic mass is 16.5. The third kappa shape index (κ3) is 4.10. The van der Waals surface area contributed by atoms with Crippen LogP contribution in [0.5, 0.6) is 0 Å². The molecule has 21 heavy (non-hydrogen) atoms. The predicted octanol–water partition coefficient (Wildman–Crippen LogP) is 1.97. The summed E-state index contributed by atoms with van der Waals surface area (Å²) in [4.78, 5) is 31.6. The van der Waals surface area contributed by atoms with E-state index in [0.717, 1.165) is 0 Å². The first-order valence-corrected chi connectivity index (χ1v) is 6.42. The number of nitrogens with one attached hydrogen (secondary N) is 1. The molecular formula is C15H15N3O3. The van der Waals surface area contributed by atoms with Gasteiger partial charge in [0.15, 0.2) is 11.8 Å². The molecule has 0 spiro atoms. The molecule has 1 aromatic heterocycles. The number of esters is 1. The minimum Gasteiger partial charge on any atom is -0.448 e. The Morgan fingerprint density at radius 1 is 1.14 bits per heavy atom. The van der Waals surface area contributed by atoms with Crippen molar-refractivity contribution in [3.05, 3.63) is 54.1 Å². The average molecular weight is 285 g/mol. The van der Waals surface area contributed by atoms with Crippen LogP contribution in [0.1, 0.15) is 23.1 Å². The zero-order valence-electron chi connectivity index (χ0n) is 11.7. The van der Waals surface area contributed by atoms with Crippen LogP contribution in [0.15, 0.2) is 42.7 Å². The molecule has 0 saturated heterocycles. The van der Waals surface area contributed by atoms with E-state index >= 15 is 0 Å². The van der Waals surface area contributed by atoms with Crippen molar-refractivity contribution < 1.29 is 14.3 Å². The summed E-state index contributed by atoms with van der Waals surface area (Å²) in [7, 11) is 0. The van der Waals surface area contributed by atoms with Gasteiger partial charge in [0.05, 0.1) is 11.9 Å². The summed E-state index contributed by atoms with van der Waals surface area (Å²) in [6.45, 7) is 3.26. The fraction of sp³-hybridized carbons (Fsp3) is 0.200. The van der Waals surface area contributed by atoms with E-state index in [0.29, 0.717) is 11.4 Å². The lowest BCUT2D eigenvalue weighted by Crippen LogP contribution is -2.30. The highest BCUT2D eigenvalue weighted by Crippen LogP contribution is 2.07. The second-order valence-corrected chi connectivity index (χ2v) is 4.45. The molecule has 2 aromatic rings. The van der Waals surface area contributed by atoms with Crippen LogP contribution in [0.3, 0.4) is 0 Å². The van der Waals surface area contributed by atoms with Crippen LogP contribution in [0.2, 0.25) is 0 Å². The van der Waals surface area contributed by atoms with Crippen LogP contribution in [-0.2, 0) is 9.53 Å². The van der Waals surface area contributed by atoms with Gasteiger partial charge in [-0.2, -0.15) is 0 Å². The van der Waals surface area contributed by atoms with Gasteiger partial charge in [-0.15, -0.1) is 0 Å². The molecule has 1 atom stereocenters. The van der Waals surface area contributed by atoms with Gasteiger partial charge >= 0.3 is 5.97 Å². The number of ether oxygens (including phenoxy) is 1. The number of amides is 1. The molecule has 0 fully saturated rings. The standard InChI is InChI=1S/C15H15N3O3/c1-10-8-17-13(9-16-10)15(20)21-11(2)14(19)18-12-6-4-3-5-7-12/h3-9,11H,1-2H3,(H,18,19). The molecule has 0 radical (unpaired) electrons. The van der Waals surface area contributed by atoms with Gasteiger partial charge in [-0.3, -0.25) is 9.78 Å². The number of carbonyl (C=O) groups is 2. The minimum absolute atomic E-state index is 0.0694. The summed E-state index contributed by atoms with van der Waals surface area (Å²) >= 11 is 0. The zero-order valence-corrected chi connectivity index (χ0v) is 11.7. The Morgan fingerprint density at radius 2 is 1.86 bits per heavy atom. The van der Waals surface area contributed by atoms with Gasteiger partial charge in [0.25, 0.3) is 5.91 Å². The number of hydrogen-bond donors (Lipinski definition) is 1. The first-order chi connectivity index (χ1) is 10.1. The maximum atomic E-state index is 11.9. The smallest absolute Gasteiger partial charge is 0.359 e. The Bertz CT molecular complexity index is 626. The summed E-state index contributed by atoms with van der Waals surface area (Å²) in [6.07, 6.45) is 1.85. The number of hydrogen-bond acceptors (Lipinski definition) is 5. The number of carbonyl (C=O) groups excluding carboxylic acids is 2. The number of rotatable bonds is 4. The molecular weight excluding hydrogens is 270 g/mol. The van der Waals surface area contributed by atoms with E-state index in [1.807, 2.05) is 6.07 Å². The molecule has 1 heterocycles. The summed E-state index contributed by atoms with van der Waals surface area (Å²) in [5.41, 5.74) is 1.40. The van der Waals surface area contributed by atoms with Crippen LogP contribution in [-0.4, -0.2) is 27.9 Å². The molecule has 0 aliphatic rings. The van der Waals surface area contributed by atoms with Crippen molar-refractivity contribution in [3.8, 4) is 0 Å². The second kappa shape index (κ2) is 6.60. The summed E-state index contributed by atoms with van der Waals surface area (Å²) in [6, 6.07) is 8.94. The molecule has 0 aliphatic carbocycles. The summed E-state index contributed by atoms with van der Waals surface area (Å²) in [5, 5.41) is 2.66. The number of anilines is 1. The van der Waals surface area contributed by atoms with Crippen LogP contribution < -0.4 is 5.32 Å². The van der Waals surface area contributed by atoms with Gasteiger partial charge in [-0.05, 0) is 26.0 Å². The molecule has 0 saturated carbocycles. The van der Waals surface area contributed by atoms with Crippen molar-refractivity contribution in [1.82, 2.24) is 9.97 Å². The second-order valence-electron chi connectivity index (χ2n) is 4.45. The molecule has 1 aromatic carbocycles. The molecule has 0 bridgehead atoms. The quantitative estimate of drug-likeness (QED) is 0.868. The van der Waals surface area contributed by atoms with Gasteiger partial charge in [0, 0.05) is 11.9 Å².